The molecule has 3 rings (SSSR count). The van der Waals surface area contributed by atoms with Gasteiger partial charge in [0, 0.05) is 12.5 Å². The van der Waals surface area contributed by atoms with Crippen molar-refractivity contribution in [2.24, 2.45) is 0 Å². The van der Waals surface area contributed by atoms with E-state index < -0.39 is 0 Å². The third-order valence-electron chi connectivity index (χ3n) is 2.50. The first-order valence-corrected chi connectivity index (χ1v) is 4.87. The van der Waals surface area contributed by atoms with Crippen LogP contribution >= 0.6 is 0 Å². The van der Waals surface area contributed by atoms with Crippen LogP contribution in [0.15, 0.2) is 27.5 Å². The summed E-state index contributed by atoms with van der Waals surface area (Å²) in [6.07, 6.45) is 4.13. The van der Waals surface area contributed by atoms with Crippen LogP contribution in [0.25, 0.3) is 11.5 Å². The van der Waals surface area contributed by atoms with Gasteiger partial charge in [-0.3, -0.25) is 0 Å². The Labute approximate surface area is 86.0 Å². The molecule has 0 saturated carbocycles. The molecule has 0 spiro atoms. The van der Waals surface area contributed by atoms with Crippen molar-refractivity contribution in [3.05, 3.63) is 24.4 Å². The zero-order valence-corrected chi connectivity index (χ0v) is 8.05. The van der Waals surface area contributed by atoms with E-state index in [9.17, 15) is 0 Å². The maximum atomic E-state index is 5.27. The summed E-state index contributed by atoms with van der Waals surface area (Å²) in [6.45, 7) is 1.46. The van der Waals surface area contributed by atoms with Crippen LogP contribution in [0.2, 0.25) is 0 Å². The normalized spacial score (nSPS) is 20.9. The lowest BCUT2D eigenvalue weighted by Crippen LogP contribution is -1.99. The average molecular weight is 206 g/mol. The fraction of sp³-hybridized carbons (Fsp3) is 0.400. The number of furan rings is 1. The Morgan fingerprint density at radius 3 is 3.13 bits per heavy atom. The molecule has 1 saturated heterocycles. The van der Waals surface area contributed by atoms with E-state index in [4.69, 9.17) is 13.7 Å². The zero-order chi connectivity index (χ0) is 10.1. The lowest BCUT2D eigenvalue weighted by Gasteiger charge is -1.97. The monoisotopic (exact) mass is 206 g/mol. The highest BCUT2D eigenvalue weighted by Crippen LogP contribution is 2.25. The van der Waals surface area contributed by atoms with E-state index in [0.29, 0.717) is 12.5 Å². The predicted octanol–water partition coefficient (Wildman–Crippen LogP) is 1.83. The highest BCUT2D eigenvalue weighted by atomic mass is 16.5. The Morgan fingerprint density at radius 2 is 2.40 bits per heavy atom. The summed E-state index contributed by atoms with van der Waals surface area (Å²) >= 11 is 0. The minimum atomic E-state index is 0.273. The largest absolute Gasteiger partial charge is 0.472 e. The molecule has 0 radical (unpaired) electrons. The average Bonchev–Trinajstić information content (AvgIpc) is 3.02. The standard InChI is InChI=1S/C10H10N2O3/c1-3-13-5-7(1)9-11-10(15-12-9)8-2-4-14-6-8/h2,4,6-7H,1,3,5H2/t7-/m1/s1. The quantitative estimate of drug-likeness (QED) is 0.750. The van der Waals surface area contributed by atoms with E-state index >= 15 is 0 Å². The molecule has 0 amide bonds. The smallest absolute Gasteiger partial charge is 0.261 e. The second-order valence-electron chi connectivity index (χ2n) is 3.53. The maximum Gasteiger partial charge on any atom is 0.261 e. The fourth-order valence-electron chi connectivity index (χ4n) is 1.64. The molecule has 0 bridgehead atoms. The number of rotatable bonds is 2. The van der Waals surface area contributed by atoms with Gasteiger partial charge >= 0.3 is 0 Å². The minimum Gasteiger partial charge on any atom is -0.472 e. The van der Waals surface area contributed by atoms with E-state index in [-0.39, 0.29) is 5.92 Å². The molecule has 1 aliphatic rings. The summed E-state index contributed by atoms with van der Waals surface area (Å²) in [4.78, 5) is 4.32. The van der Waals surface area contributed by atoms with Crippen LogP contribution in [0, 0.1) is 0 Å². The summed E-state index contributed by atoms with van der Waals surface area (Å²) in [5.74, 6) is 1.50. The van der Waals surface area contributed by atoms with E-state index in [2.05, 4.69) is 10.1 Å². The van der Waals surface area contributed by atoms with Gasteiger partial charge in [0.1, 0.15) is 6.26 Å². The van der Waals surface area contributed by atoms with E-state index in [1.165, 1.54) is 0 Å². The van der Waals surface area contributed by atoms with Crippen LogP contribution in [0.3, 0.4) is 0 Å². The highest BCUT2D eigenvalue weighted by molar-refractivity contribution is 5.49. The lowest BCUT2D eigenvalue weighted by atomic mass is 10.1. The Balaban J connectivity index is 1.87. The molecule has 0 aromatic carbocycles. The SMILES string of the molecule is c1cc(-c2nc([C@@H]3CCOC3)no2)co1. The second kappa shape index (κ2) is 3.51. The third-order valence-corrected chi connectivity index (χ3v) is 2.50. The van der Waals surface area contributed by atoms with E-state index in [1.807, 2.05) is 0 Å². The molecule has 5 heteroatoms. The van der Waals surface area contributed by atoms with Crippen LogP contribution in [0.4, 0.5) is 0 Å². The van der Waals surface area contributed by atoms with Gasteiger partial charge in [-0.1, -0.05) is 5.16 Å². The van der Waals surface area contributed by atoms with Gasteiger partial charge in [-0.25, -0.2) is 0 Å². The Morgan fingerprint density at radius 1 is 1.40 bits per heavy atom. The van der Waals surface area contributed by atoms with Gasteiger partial charge < -0.3 is 13.7 Å². The van der Waals surface area contributed by atoms with Crippen LogP contribution in [-0.4, -0.2) is 23.4 Å². The molecular weight excluding hydrogens is 196 g/mol. The van der Waals surface area contributed by atoms with Crippen molar-refractivity contribution in [1.29, 1.82) is 0 Å². The number of hydrogen-bond donors (Lipinski definition) is 0. The van der Waals surface area contributed by atoms with Gasteiger partial charge in [-0.2, -0.15) is 4.98 Å². The van der Waals surface area contributed by atoms with Crippen LogP contribution in [0.5, 0.6) is 0 Å². The first-order chi connectivity index (χ1) is 7.43. The Hall–Kier alpha value is -1.62. The number of ether oxygens (including phenoxy) is 1. The molecule has 0 unspecified atom stereocenters. The van der Waals surface area contributed by atoms with Crippen molar-refractivity contribution in [1.82, 2.24) is 10.1 Å². The molecule has 2 aromatic rings. The number of hydrogen-bond acceptors (Lipinski definition) is 5. The predicted molar refractivity (Wildman–Crippen MR) is 50.2 cm³/mol. The lowest BCUT2D eigenvalue weighted by molar-refractivity contribution is 0.192. The molecule has 15 heavy (non-hydrogen) atoms. The number of nitrogens with zero attached hydrogens (tertiary/aromatic N) is 2. The molecule has 78 valence electrons. The summed E-state index contributed by atoms with van der Waals surface area (Å²) < 4.78 is 15.4. The van der Waals surface area contributed by atoms with Crippen LogP contribution in [0.1, 0.15) is 18.2 Å². The van der Waals surface area contributed by atoms with Crippen molar-refractivity contribution in [3.8, 4) is 11.5 Å². The summed E-state index contributed by atoms with van der Waals surface area (Å²) in [6, 6.07) is 1.79. The van der Waals surface area contributed by atoms with Crippen LogP contribution < -0.4 is 0 Å². The molecule has 0 N–H and O–H groups in total. The summed E-state index contributed by atoms with van der Waals surface area (Å²) in [5.41, 5.74) is 0.813. The maximum absolute atomic E-state index is 5.27. The summed E-state index contributed by atoms with van der Waals surface area (Å²) in [5, 5.41) is 3.95. The Kier molecular flexibility index (Phi) is 2.03. The van der Waals surface area contributed by atoms with Gasteiger partial charge in [-0.15, -0.1) is 0 Å². The van der Waals surface area contributed by atoms with Gasteiger partial charge in [0.2, 0.25) is 0 Å². The molecule has 0 aliphatic carbocycles. The fourth-order valence-corrected chi connectivity index (χ4v) is 1.64. The Bertz CT molecular complexity index is 429. The van der Waals surface area contributed by atoms with Gasteiger partial charge in [0.15, 0.2) is 5.82 Å². The first kappa shape index (κ1) is 8.67. The molecule has 1 atom stereocenters. The van der Waals surface area contributed by atoms with Crippen molar-refractivity contribution in [2.45, 2.75) is 12.3 Å². The first-order valence-electron chi connectivity index (χ1n) is 4.87. The highest BCUT2D eigenvalue weighted by Gasteiger charge is 2.23. The zero-order valence-electron chi connectivity index (χ0n) is 8.05. The van der Waals surface area contributed by atoms with E-state index in [0.717, 1.165) is 24.4 Å². The molecule has 1 aliphatic heterocycles. The van der Waals surface area contributed by atoms with E-state index in [1.54, 1.807) is 18.6 Å². The molecule has 3 heterocycles. The minimum absolute atomic E-state index is 0.273. The summed E-state index contributed by atoms with van der Waals surface area (Å²) in [7, 11) is 0. The van der Waals surface area contributed by atoms with Gasteiger partial charge in [-0.05, 0) is 12.5 Å². The molecular formula is C10H10N2O3. The molecule has 2 aromatic heterocycles. The van der Waals surface area contributed by atoms with Gasteiger partial charge in [0.05, 0.1) is 18.4 Å². The van der Waals surface area contributed by atoms with Crippen molar-refractivity contribution in [3.63, 3.8) is 0 Å². The third kappa shape index (κ3) is 1.55. The van der Waals surface area contributed by atoms with Crippen molar-refractivity contribution < 1.29 is 13.7 Å². The second-order valence-corrected chi connectivity index (χ2v) is 3.53. The van der Waals surface area contributed by atoms with Gasteiger partial charge in [0.25, 0.3) is 5.89 Å². The van der Waals surface area contributed by atoms with Crippen molar-refractivity contribution >= 4 is 0 Å². The number of aromatic nitrogens is 2. The molecule has 5 nitrogen and oxygen atoms in total. The van der Waals surface area contributed by atoms with Crippen molar-refractivity contribution in [2.75, 3.05) is 13.2 Å². The topological polar surface area (TPSA) is 61.3 Å². The van der Waals surface area contributed by atoms with Crippen LogP contribution in [-0.2, 0) is 4.74 Å². The molecule has 1 fully saturated rings.